The van der Waals surface area contributed by atoms with Crippen molar-refractivity contribution in [1.29, 1.82) is 0 Å². The highest BCUT2D eigenvalue weighted by molar-refractivity contribution is 9.11. The van der Waals surface area contributed by atoms with Gasteiger partial charge < -0.3 is 0 Å². The van der Waals surface area contributed by atoms with Crippen molar-refractivity contribution >= 4 is 128 Å². The Morgan fingerprint density at radius 3 is 0.911 bits per heavy atom. The monoisotopic (exact) mass is 956 g/mol. The molecule has 0 bridgehead atoms. The van der Waals surface area contributed by atoms with E-state index in [9.17, 15) is 0 Å². The van der Waals surface area contributed by atoms with Gasteiger partial charge in [-0.25, -0.2) is 0 Å². The molecule has 56 heavy (non-hydrogen) atoms. The quantitative estimate of drug-likeness (QED) is 0.165. The molecule has 0 fully saturated rings. The highest BCUT2D eigenvalue weighted by Crippen LogP contribution is 2.72. The van der Waals surface area contributed by atoms with Crippen LogP contribution in [0.4, 0.5) is 0 Å². The Balaban J connectivity index is 1.28. The standard InChI is InChI=1S/C48H30Br2S6/c1-23-5-13-27(14-6-23)47(28-15-7-24(2)8-16-28)35-39-31(21-33(49)53-39)51-41(35)43-37(47)45-46(55-43)38-44(56-45)42-36(40-32(52-42)22-34(50)54-40)48(38,29-17-9-25(3)10-18-29)30-19-11-26(4)12-20-30/h5-22H,1-4H3. The zero-order valence-corrected chi connectivity index (χ0v) is 38.7. The van der Waals surface area contributed by atoms with Crippen LogP contribution >= 0.6 is 99.9 Å². The van der Waals surface area contributed by atoms with Gasteiger partial charge in [-0.2, -0.15) is 0 Å². The lowest BCUT2D eigenvalue weighted by atomic mass is 9.67. The Morgan fingerprint density at radius 1 is 0.339 bits per heavy atom. The van der Waals surface area contributed by atoms with Crippen LogP contribution in [-0.4, -0.2) is 0 Å². The Bertz CT molecular complexity index is 2920. The van der Waals surface area contributed by atoms with E-state index < -0.39 is 10.8 Å². The molecule has 0 aliphatic heterocycles. The van der Waals surface area contributed by atoms with Crippen molar-refractivity contribution in [2.24, 2.45) is 0 Å². The summed E-state index contributed by atoms with van der Waals surface area (Å²) in [5, 5.41) is 0. The molecule has 0 saturated carbocycles. The van der Waals surface area contributed by atoms with Gasteiger partial charge in [-0.05, 0) is 93.9 Å². The molecule has 8 heteroatoms. The summed E-state index contributed by atoms with van der Waals surface area (Å²) >= 11 is 19.7. The zero-order chi connectivity index (χ0) is 37.8. The lowest BCUT2D eigenvalue weighted by molar-refractivity contribution is 0.783. The summed E-state index contributed by atoms with van der Waals surface area (Å²) in [6.07, 6.45) is 0. The summed E-state index contributed by atoms with van der Waals surface area (Å²) in [6, 6.07) is 42.5. The van der Waals surface area contributed by atoms with Crippen LogP contribution in [0.15, 0.2) is 117 Å². The number of benzene rings is 4. The van der Waals surface area contributed by atoms with Gasteiger partial charge in [0.25, 0.3) is 0 Å². The van der Waals surface area contributed by atoms with Gasteiger partial charge in [0.05, 0.1) is 56.7 Å². The van der Waals surface area contributed by atoms with Gasteiger partial charge in [0.1, 0.15) is 0 Å². The van der Waals surface area contributed by atoms with E-state index in [1.807, 2.05) is 45.3 Å². The Morgan fingerprint density at radius 2 is 0.607 bits per heavy atom. The Kier molecular flexibility index (Phi) is 7.57. The third kappa shape index (κ3) is 4.43. The first-order valence-corrected chi connectivity index (χ1v) is 25.0. The topological polar surface area (TPSA) is 0 Å². The van der Waals surface area contributed by atoms with Gasteiger partial charge in [-0.1, -0.05) is 119 Å². The van der Waals surface area contributed by atoms with Crippen molar-refractivity contribution in [3.8, 4) is 19.5 Å². The van der Waals surface area contributed by atoms with E-state index >= 15 is 0 Å². The molecule has 4 aromatic carbocycles. The zero-order valence-electron chi connectivity index (χ0n) is 30.6. The molecule has 10 aromatic rings. The Labute approximate surface area is 366 Å². The first kappa shape index (κ1) is 34.8. The second-order valence-electron chi connectivity index (χ2n) is 15.3. The fourth-order valence-corrected chi connectivity index (χ4v) is 19.7. The molecule has 272 valence electrons. The number of hydrogen-bond donors (Lipinski definition) is 0. The van der Waals surface area contributed by atoms with E-state index in [-0.39, 0.29) is 0 Å². The van der Waals surface area contributed by atoms with Gasteiger partial charge in [-0.15, -0.1) is 68.0 Å². The lowest BCUT2D eigenvalue weighted by Gasteiger charge is -2.34. The number of thiophene rings is 6. The maximum absolute atomic E-state index is 3.90. The highest BCUT2D eigenvalue weighted by Gasteiger charge is 2.56. The molecule has 0 saturated heterocycles. The molecule has 0 nitrogen and oxygen atoms in total. The second kappa shape index (κ2) is 12.2. The fourth-order valence-electron chi connectivity index (χ4n) is 9.61. The van der Waals surface area contributed by atoms with Crippen LogP contribution in [0.1, 0.15) is 66.8 Å². The van der Waals surface area contributed by atoms with Crippen LogP contribution in [0.2, 0.25) is 0 Å². The van der Waals surface area contributed by atoms with Gasteiger partial charge >= 0.3 is 0 Å². The van der Waals surface area contributed by atoms with E-state index in [0.717, 1.165) is 0 Å². The smallest absolute Gasteiger partial charge is 0.0759 e. The summed E-state index contributed by atoms with van der Waals surface area (Å²) in [4.78, 5) is 5.75. The average Bonchev–Trinajstić information content (AvgIpc) is 4.05. The summed E-state index contributed by atoms with van der Waals surface area (Å²) in [5.41, 5.74) is 15.4. The minimum Gasteiger partial charge on any atom is -0.133 e. The van der Waals surface area contributed by atoms with Crippen LogP contribution in [0.5, 0.6) is 0 Å². The predicted octanol–water partition coefficient (Wildman–Crippen LogP) is 17.0. The SMILES string of the molecule is Cc1ccc(C2(c3ccc(C)cc3)c3c(sc4cc(Br)sc34)-c3sc4c5c(sc4c32)-c2sc3cc(Br)sc3c2C5(c2ccc(C)cc2)c2ccc(C)cc2)cc1. The van der Waals surface area contributed by atoms with Crippen LogP contribution in [0.25, 0.3) is 47.7 Å². The molecule has 2 aliphatic rings. The first-order chi connectivity index (χ1) is 27.2. The van der Waals surface area contributed by atoms with Crippen molar-refractivity contribution < 1.29 is 0 Å². The molecule has 6 aromatic heterocycles. The van der Waals surface area contributed by atoms with Crippen LogP contribution < -0.4 is 0 Å². The molecular formula is C48H30Br2S6. The number of fused-ring (bicyclic) bond motifs is 13. The van der Waals surface area contributed by atoms with Crippen molar-refractivity contribution in [2.45, 2.75) is 38.5 Å². The van der Waals surface area contributed by atoms with Crippen molar-refractivity contribution in [3.05, 3.63) is 184 Å². The van der Waals surface area contributed by atoms with Gasteiger partial charge in [-0.3, -0.25) is 0 Å². The minimum absolute atomic E-state index is 0.467. The molecule has 0 N–H and O–H groups in total. The summed E-state index contributed by atoms with van der Waals surface area (Å²) < 4.78 is 10.8. The third-order valence-corrected chi connectivity index (χ3v) is 20.8. The molecule has 0 radical (unpaired) electrons. The van der Waals surface area contributed by atoms with Crippen molar-refractivity contribution in [2.75, 3.05) is 0 Å². The molecule has 2 aliphatic carbocycles. The molecular weight excluding hydrogens is 929 g/mol. The highest BCUT2D eigenvalue weighted by atomic mass is 79.9. The lowest BCUT2D eigenvalue weighted by Crippen LogP contribution is -2.29. The maximum Gasteiger partial charge on any atom is 0.0759 e. The van der Waals surface area contributed by atoms with E-state index in [2.05, 4.69) is 191 Å². The summed E-state index contributed by atoms with van der Waals surface area (Å²) in [5.74, 6) is 0. The molecule has 0 unspecified atom stereocenters. The van der Waals surface area contributed by atoms with Gasteiger partial charge in [0, 0.05) is 31.7 Å². The maximum atomic E-state index is 3.90. The fraction of sp³-hybridized carbons (Fsp3) is 0.125. The predicted molar refractivity (Wildman–Crippen MR) is 255 cm³/mol. The Hall–Kier alpha value is -3.18. The van der Waals surface area contributed by atoms with Crippen molar-refractivity contribution in [1.82, 2.24) is 0 Å². The minimum atomic E-state index is -0.467. The first-order valence-electron chi connectivity index (χ1n) is 18.5. The molecule has 0 atom stereocenters. The van der Waals surface area contributed by atoms with Crippen molar-refractivity contribution in [3.63, 3.8) is 0 Å². The normalized spacial score (nSPS) is 14.9. The summed E-state index contributed by atoms with van der Waals surface area (Å²) in [6.45, 7) is 8.82. The van der Waals surface area contributed by atoms with Crippen LogP contribution in [0.3, 0.4) is 0 Å². The van der Waals surface area contributed by atoms with Gasteiger partial charge in [0.15, 0.2) is 0 Å². The van der Waals surface area contributed by atoms with Gasteiger partial charge in [0.2, 0.25) is 0 Å². The average molecular weight is 959 g/mol. The largest absolute Gasteiger partial charge is 0.133 e. The van der Waals surface area contributed by atoms with Crippen LogP contribution in [0, 0.1) is 27.7 Å². The van der Waals surface area contributed by atoms with E-state index in [1.165, 1.54) is 122 Å². The van der Waals surface area contributed by atoms with E-state index in [0.29, 0.717) is 0 Å². The molecule has 12 rings (SSSR count). The number of halogens is 2. The third-order valence-electron chi connectivity index (χ3n) is 12.0. The van der Waals surface area contributed by atoms with E-state index in [4.69, 9.17) is 0 Å². The molecule has 0 spiro atoms. The van der Waals surface area contributed by atoms with E-state index in [1.54, 1.807) is 0 Å². The molecule has 6 heterocycles. The number of aryl methyl sites for hydroxylation is 4. The number of hydrogen-bond acceptors (Lipinski definition) is 6. The van der Waals surface area contributed by atoms with Crippen LogP contribution in [-0.2, 0) is 10.8 Å². The molecule has 0 amide bonds. The number of rotatable bonds is 4. The summed E-state index contributed by atoms with van der Waals surface area (Å²) in [7, 11) is 0. The second-order valence-corrected chi connectivity index (χ2v) is 24.3.